The Balaban J connectivity index is 1.80. The van der Waals surface area contributed by atoms with Crippen molar-refractivity contribution in [3.05, 3.63) is 23.4 Å². The van der Waals surface area contributed by atoms with Crippen molar-refractivity contribution in [1.29, 1.82) is 5.26 Å². The van der Waals surface area contributed by atoms with Gasteiger partial charge in [-0.25, -0.2) is 4.98 Å². The van der Waals surface area contributed by atoms with E-state index in [0.717, 1.165) is 18.6 Å². The smallest absolute Gasteiger partial charge is 0.378 e. The summed E-state index contributed by atoms with van der Waals surface area (Å²) in [5.74, 6) is -0.0247. The Morgan fingerprint density at radius 2 is 2.17 bits per heavy atom. The van der Waals surface area contributed by atoms with Gasteiger partial charge in [-0.15, -0.1) is 0 Å². The maximum atomic E-state index is 12.8. The zero-order chi connectivity index (χ0) is 16.5. The first-order chi connectivity index (χ1) is 10.9. The topological polar surface area (TPSA) is 67.2 Å². The molecule has 124 valence electrons. The molecule has 2 aliphatic rings. The average molecular weight is 327 g/mol. The fourth-order valence-corrected chi connectivity index (χ4v) is 3.02. The van der Waals surface area contributed by atoms with E-state index in [9.17, 15) is 13.2 Å². The number of nitrogens with one attached hydrogen (secondary N) is 1. The summed E-state index contributed by atoms with van der Waals surface area (Å²) in [4.78, 5) is 3.59. The summed E-state index contributed by atoms with van der Waals surface area (Å²) in [6.45, 7) is 1.62. The summed E-state index contributed by atoms with van der Waals surface area (Å²) < 4.78 is 49.6. The van der Waals surface area contributed by atoms with Gasteiger partial charge in [0.25, 0.3) is 0 Å². The van der Waals surface area contributed by atoms with Gasteiger partial charge >= 0.3 is 6.18 Å². The Labute approximate surface area is 131 Å². The molecular weight excluding hydrogens is 311 g/mol. The lowest BCUT2D eigenvalue weighted by molar-refractivity contribution is -0.141. The molecule has 8 heteroatoms. The highest BCUT2D eigenvalue weighted by molar-refractivity contribution is 5.53. The number of aromatic nitrogens is 1. The molecule has 3 heterocycles. The van der Waals surface area contributed by atoms with Gasteiger partial charge in [0.15, 0.2) is 0 Å². The van der Waals surface area contributed by atoms with E-state index in [4.69, 9.17) is 14.7 Å². The third-order valence-corrected chi connectivity index (χ3v) is 4.21. The van der Waals surface area contributed by atoms with Crippen molar-refractivity contribution in [2.45, 2.75) is 37.1 Å². The van der Waals surface area contributed by atoms with Gasteiger partial charge in [0.05, 0.1) is 17.8 Å². The van der Waals surface area contributed by atoms with Gasteiger partial charge < -0.3 is 14.8 Å². The number of ether oxygens (including phenoxy) is 2. The van der Waals surface area contributed by atoms with Crippen LogP contribution in [-0.4, -0.2) is 36.4 Å². The maximum Gasteiger partial charge on any atom is 0.433 e. The van der Waals surface area contributed by atoms with E-state index >= 15 is 0 Å². The van der Waals surface area contributed by atoms with E-state index in [0.29, 0.717) is 32.7 Å². The minimum Gasteiger partial charge on any atom is -0.378 e. The van der Waals surface area contributed by atoms with Gasteiger partial charge in [0.2, 0.25) is 0 Å². The van der Waals surface area contributed by atoms with Crippen LogP contribution in [0, 0.1) is 11.3 Å². The summed E-state index contributed by atoms with van der Waals surface area (Å²) in [6.07, 6.45) is -2.51. The third kappa shape index (κ3) is 3.41. The van der Waals surface area contributed by atoms with Crippen molar-refractivity contribution in [3.8, 4) is 6.07 Å². The van der Waals surface area contributed by atoms with Crippen LogP contribution < -0.4 is 5.32 Å². The molecule has 0 aliphatic carbocycles. The number of hydrogen-bond donors (Lipinski definition) is 1. The first-order valence-electron chi connectivity index (χ1n) is 7.38. The van der Waals surface area contributed by atoms with Crippen LogP contribution in [0.4, 0.5) is 19.0 Å². The summed E-state index contributed by atoms with van der Waals surface area (Å²) in [5.41, 5.74) is -1.28. The van der Waals surface area contributed by atoms with Crippen molar-refractivity contribution >= 4 is 5.82 Å². The van der Waals surface area contributed by atoms with Gasteiger partial charge in [0.1, 0.15) is 17.6 Å². The van der Waals surface area contributed by atoms with Crippen LogP contribution in [0.15, 0.2) is 12.1 Å². The quantitative estimate of drug-likeness (QED) is 0.905. The molecule has 2 atom stereocenters. The van der Waals surface area contributed by atoms with E-state index in [2.05, 4.69) is 10.3 Å². The maximum absolute atomic E-state index is 12.8. The van der Waals surface area contributed by atoms with Crippen LogP contribution in [-0.2, 0) is 15.7 Å². The molecule has 1 N–H and O–H groups in total. The van der Waals surface area contributed by atoms with Crippen molar-refractivity contribution in [2.24, 2.45) is 0 Å². The van der Waals surface area contributed by atoms with E-state index in [-0.39, 0.29) is 23.0 Å². The predicted molar refractivity (Wildman–Crippen MR) is 74.7 cm³/mol. The van der Waals surface area contributed by atoms with Crippen LogP contribution in [0.5, 0.6) is 0 Å². The number of rotatable bonds is 2. The highest BCUT2D eigenvalue weighted by atomic mass is 19.4. The predicted octanol–water partition coefficient (Wildman–Crippen LogP) is 2.72. The molecule has 1 aromatic rings. The third-order valence-electron chi connectivity index (χ3n) is 4.21. The number of nitriles is 1. The molecule has 2 saturated heterocycles. The second-order valence-electron chi connectivity index (χ2n) is 5.87. The van der Waals surface area contributed by atoms with E-state index in [1.165, 1.54) is 0 Å². The van der Waals surface area contributed by atoms with E-state index in [1.54, 1.807) is 0 Å². The Morgan fingerprint density at radius 3 is 2.83 bits per heavy atom. The van der Waals surface area contributed by atoms with Crippen LogP contribution in [0.2, 0.25) is 0 Å². The summed E-state index contributed by atoms with van der Waals surface area (Å²) in [5, 5.41) is 12.1. The lowest BCUT2D eigenvalue weighted by Crippen LogP contribution is -2.45. The second-order valence-corrected chi connectivity index (χ2v) is 5.87. The van der Waals surface area contributed by atoms with Gasteiger partial charge in [-0.2, -0.15) is 18.4 Å². The molecular formula is C15H16F3N3O2. The Kier molecular flexibility index (Phi) is 4.17. The van der Waals surface area contributed by atoms with E-state index < -0.39 is 11.9 Å². The number of alkyl halides is 3. The molecule has 3 rings (SSSR count). The Morgan fingerprint density at radius 1 is 1.35 bits per heavy atom. The largest absolute Gasteiger partial charge is 0.433 e. The van der Waals surface area contributed by atoms with Gasteiger partial charge in [-0.05, 0) is 25.0 Å². The number of pyridine rings is 1. The highest BCUT2D eigenvalue weighted by Gasteiger charge is 2.41. The van der Waals surface area contributed by atoms with Crippen LogP contribution >= 0.6 is 0 Å². The SMILES string of the molecule is N#Cc1ccc(C(F)(F)F)nc1N[C@@H]1CCO[C@]2(CCOC2)C1. The number of nitrogens with zero attached hydrogens (tertiary/aromatic N) is 2. The molecule has 1 spiro atoms. The monoisotopic (exact) mass is 327 g/mol. The number of anilines is 1. The molecule has 5 nitrogen and oxygen atoms in total. The fourth-order valence-electron chi connectivity index (χ4n) is 3.02. The van der Waals surface area contributed by atoms with Crippen molar-refractivity contribution in [1.82, 2.24) is 4.98 Å². The lowest BCUT2D eigenvalue weighted by Gasteiger charge is -2.37. The molecule has 0 bridgehead atoms. The van der Waals surface area contributed by atoms with Crippen LogP contribution in [0.25, 0.3) is 0 Å². The molecule has 0 aromatic carbocycles. The molecule has 0 radical (unpaired) electrons. The number of halogens is 3. The fraction of sp³-hybridized carbons (Fsp3) is 0.600. The van der Waals surface area contributed by atoms with Crippen molar-refractivity contribution in [2.75, 3.05) is 25.1 Å². The minimum atomic E-state index is -4.54. The summed E-state index contributed by atoms with van der Waals surface area (Å²) in [6, 6.07) is 3.74. The Hall–Kier alpha value is -1.85. The Bertz CT molecular complexity index is 621. The van der Waals surface area contributed by atoms with Gasteiger partial charge in [0, 0.05) is 25.7 Å². The minimum absolute atomic E-state index is 0.0247. The molecule has 0 saturated carbocycles. The van der Waals surface area contributed by atoms with Crippen molar-refractivity contribution in [3.63, 3.8) is 0 Å². The summed E-state index contributed by atoms with van der Waals surface area (Å²) >= 11 is 0. The first-order valence-corrected chi connectivity index (χ1v) is 7.38. The average Bonchev–Trinajstić information content (AvgIpc) is 2.94. The highest BCUT2D eigenvalue weighted by Crippen LogP contribution is 2.35. The standard InChI is InChI=1S/C15H16F3N3O2/c16-15(17,18)12-2-1-10(8-19)13(21-12)20-11-3-5-23-14(7-11)4-6-22-9-14/h1-2,11H,3-7,9H2,(H,20,21)/t11-,14-/m1/s1. The summed E-state index contributed by atoms with van der Waals surface area (Å²) in [7, 11) is 0. The molecule has 2 aliphatic heterocycles. The second kappa shape index (κ2) is 5.98. The molecule has 0 amide bonds. The molecule has 1 aromatic heterocycles. The molecule has 23 heavy (non-hydrogen) atoms. The van der Waals surface area contributed by atoms with Crippen LogP contribution in [0.3, 0.4) is 0 Å². The number of hydrogen-bond acceptors (Lipinski definition) is 5. The first kappa shape index (κ1) is 16.0. The van der Waals surface area contributed by atoms with E-state index in [1.807, 2.05) is 6.07 Å². The zero-order valence-corrected chi connectivity index (χ0v) is 12.3. The zero-order valence-electron chi connectivity index (χ0n) is 12.3. The van der Waals surface area contributed by atoms with Gasteiger partial charge in [-0.3, -0.25) is 0 Å². The van der Waals surface area contributed by atoms with Crippen LogP contribution in [0.1, 0.15) is 30.5 Å². The molecule has 0 unspecified atom stereocenters. The normalized spacial score (nSPS) is 27.8. The lowest BCUT2D eigenvalue weighted by atomic mass is 9.89. The van der Waals surface area contributed by atoms with Crippen molar-refractivity contribution < 1.29 is 22.6 Å². The van der Waals surface area contributed by atoms with Gasteiger partial charge in [-0.1, -0.05) is 0 Å². The molecule has 2 fully saturated rings.